The topological polar surface area (TPSA) is 34.0 Å². The molecule has 0 saturated heterocycles. The Morgan fingerprint density at radius 2 is 1.88 bits per heavy atom. The Morgan fingerprint density at radius 3 is 2.54 bits per heavy atom. The minimum atomic E-state index is -0.324. The van der Waals surface area contributed by atoms with Gasteiger partial charge in [-0.1, -0.05) is 36.7 Å². The lowest BCUT2D eigenvalue weighted by molar-refractivity contribution is 0.0953. The van der Waals surface area contributed by atoms with Crippen LogP contribution in [-0.2, 0) is 0 Å². The van der Waals surface area contributed by atoms with Crippen molar-refractivity contribution in [2.75, 3.05) is 6.54 Å². The van der Waals surface area contributed by atoms with E-state index in [2.05, 4.69) is 5.32 Å². The van der Waals surface area contributed by atoms with Gasteiger partial charge in [0.25, 0.3) is 5.91 Å². The van der Waals surface area contributed by atoms with Crippen LogP contribution in [0.5, 0.6) is 0 Å². The average molecular weight is 371 g/mol. The minimum absolute atomic E-state index is 0.130. The molecule has 3 nitrogen and oxygen atoms in total. The van der Waals surface area contributed by atoms with E-state index in [-0.39, 0.29) is 11.7 Å². The summed E-state index contributed by atoms with van der Waals surface area (Å²) in [6.45, 7) is 4.48. The van der Waals surface area contributed by atoms with E-state index in [0.29, 0.717) is 22.8 Å². The second-order valence-electron chi connectivity index (χ2n) is 6.11. The van der Waals surface area contributed by atoms with Crippen LogP contribution in [0.3, 0.4) is 0 Å². The first-order valence-corrected chi connectivity index (χ1v) is 8.91. The van der Waals surface area contributed by atoms with Crippen LogP contribution in [0.4, 0.5) is 4.39 Å². The molecule has 1 amide bonds. The van der Waals surface area contributed by atoms with Crippen LogP contribution >= 0.6 is 11.6 Å². The van der Waals surface area contributed by atoms with Gasteiger partial charge < -0.3 is 9.88 Å². The Hall–Kier alpha value is -2.59. The summed E-state index contributed by atoms with van der Waals surface area (Å²) in [7, 11) is 0. The number of halogens is 2. The van der Waals surface area contributed by atoms with Gasteiger partial charge in [0.15, 0.2) is 0 Å². The van der Waals surface area contributed by atoms with Crippen molar-refractivity contribution in [1.82, 2.24) is 9.88 Å². The number of carbonyl (C=O) groups is 1. The van der Waals surface area contributed by atoms with Gasteiger partial charge in [0.2, 0.25) is 0 Å². The van der Waals surface area contributed by atoms with Gasteiger partial charge in [0.05, 0.1) is 11.3 Å². The second-order valence-corrected chi connectivity index (χ2v) is 6.54. The molecule has 134 valence electrons. The molecule has 1 aromatic heterocycles. The van der Waals surface area contributed by atoms with Gasteiger partial charge in [0.1, 0.15) is 5.82 Å². The predicted molar refractivity (Wildman–Crippen MR) is 104 cm³/mol. The molecule has 0 radical (unpaired) electrons. The molecule has 0 unspecified atom stereocenters. The summed E-state index contributed by atoms with van der Waals surface area (Å²) in [4.78, 5) is 12.6. The standard InChI is InChI=1S/C21H20ClFN2O/c1-3-11-24-21(26)19-13-20(15-7-9-16(22)10-8-15)25(14(19)2)18-6-4-5-17(23)12-18/h4-10,12-13H,3,11H2,1-2H3,(H,24,26). The van der Waals surface area contributed by atoms with Crippen LogP contribution < -0.4 is 5.32 Å². The lowest BCUT2D eigenvalue weighted by Crippen LogP contribution is -2.24. The molecule has 0 fully saturated rings. The van der Waals surface area contributed by atoms with E-state index in [1.165, 1.54) is 12.1 Å². The number of aromatic nitrogens is 1. The Bertz CT molecular complexity index is 932. The summed E-state index contributed by atoms with van der Waals surface area (Å²) in [5.41, 5.74) is 3.71. The fraction of sp³-hybridized carbons (Fsp3) is 0.190. The fourth-order valence-electron chi connectivity index (χ4n) is 2.95. The van der Waals surface area contributed by atoms with E-state index in [4.69, 9.17) is 11.6 Å². The molecule has 0 saturated carbocycles. The molecule has 1 N–H and O–H groups in total. The SMILES string of the molecule is CCCNC(=O)c1cc(-c2ccc(Cl)cc2)n(-c2cccc(F)c2)c1C. The maximum Gasteiger partial charge on any atom is 0.253 e. The Kier molecular flexibility index (Phi) is 5.43. The van der Waals surface area contributed by atoms with Gasteiger partial charge >= 0.3 is 0 Å². The molecule has 0 spiro atoms. The largest absolute Gasteiger partial charge is 0.352 e. The predicted octanol–water partition coefficient (Wildman–Crippen LogP) is 5.39. The van der Waals surface area contributed by atoms with E-state index in [1.54, 1.807) is 18.2 Å². The number of amides is 1. The summed E-state index contributed by atoms with van der Waals surface area (Å²) < 4.78 is 15.7. The number of nitrogens with one attached hydrogen (secondary N) is 1. The summed E-state index contributed by atoms with van der Waals surface area (Å²) >= 11 is 6.00. The van der Waals surface area contributed by atoms with Crippen molar-refractivity contribution in [1.29, 1.82) is 0 Å². The van der Waals surface area contributed by atoms with Gasteiger partial charge in [0, 0.05) is 22.9 Å². The first kappa shape index (κ1) is 18.2. The molecule has 1 heterocycles. The highest BCUT2D eigenvalue weighted by Crippen LogP contribution is 2.30. The van der Waals surface area contributed by atoms with Gasteiger partial charge in [-0.3, -0.25) is 4.79 Å². The van der Waals surface area contributed by atoms with Crippen molar-refractivity contribution in [3.8, 4) is 16.9 Å². The van der Waals surface area contributed by atoms with Crippen molar-refractivity contribution in [2.45, 2.75) is 20.3 Å². The second kappa shape index (κ2) is 7.75. The van der Waals surface area contributed by atoms with E-state index < -0.39 is 0 Å². The Balaban J connectivity index is 2.17. The van der Waals surface area contributed by atoms with Crippen molar-refractivity contribution < 1.29 is 9.18 Å². The van der Waals surface area contributed by atoms with Gasteiger partial charge in [-0.05, 0) is 55.3 Å². The smallest absolute Gasteiger partial charge is 0.253 e. The van der Waals surface area contributed by atoms with Crippen molar-refractivity contribution in [2.24, 2.45) is 0 Å². The molecule has 3 aromatic rings. The number of benzene rings is 2. The lowest BCUT2D eigenvalue weighted by Gasteiger charge is -2.12. The van der Waals surface area contributed by atoms with Crippen molar-refractivity contribution in [3.63, 3.8) is 0 Å². The zero-order valence-corrected chi connectivity index (χ0v) is 15.5. The maximum atomic E-state index is 13.8. The third kappa shape index (κ3) is 3.65. The quantitative estimate of drug-likeness (QED) is 0.642. The monoisotopic (exact) mass is 370 g/mol. The van der Waals surface area contributed by atoms with E-state index in [1.807, 2.05) is 42.7 Å². The first-order chi connectivity index (χ1) is 12.5. The third-order valence-corrected chi connectivity index (χ3v) is 4.49. The maximum absolute atomic E-state index is 13.8. The highest BCUT2D eigenvalue weighted by molar-refractivity contribution is 6.30. The summed E-state index contributed by atoms with van der Waals surface area (Å²) in [6, 6.07) is 15.6. The minimum Gasteiger partial charge on any atom is -0.352 e. The number of hydrogen-bond acceptors (Lipinski definition) is 1. The Morgan fingerprint density at radius 1 is 1.15 bits per heavy atom. The Labute approximate surface area is 157 Å². The fourth-order valence-corrected chi connectivity index (χ4v) is 3.08. The zero-order valence-electron chi connectivity index (χ0n) is 14.7. The van der Waals surface area contributed by atoms with Crippen LogP contribution in [-0.4, -0.2) is 17.0 Å². The van der Waals surface area contributed by atoms with E-state index in [9.17, 15) is 9.18 Å². The molecule has 0 aliphatic rings. The molecule has 0 aliphatic carbocycles. The third-order valence-electron chi connectivity index (χ3n) is 4.23. The van der Waals surface area contributed by atoms with Crippen molar-refractivity contribution >= 4 is 17.5 Å². The summed E-state index contributed by atoms with van der Waals surface area (Å²) in [5.74, 6) is -0.454. The van der Waals surface area contributed by atoms with Gasteiger partial charge in [-0.25, -0.2) is 4.39 Å². The van der Waals surface area contributed by atoms with Crippen LogP contribution in [0.25, 0.3) is 16.9 Å². The summed E-state index contributed by atoms with van der Waals surface area (Å²) in [6.07, 6.45) is 0.861. The molecule has 5 heteroatoms. The number of carbonyl (C=O) groups excluding carboxylic acids is 1. The van der Waals surface area contributed by atoms with Crippen LogP contribution in [0.1, 0.15) is 29.4 Å². The van der Waals surface area contributed by atoms with Crippen LogP contribution in [0, 0.1) is 12.7 Å². The van der Waals surface area contributed by atoms with Crippen LogP contribution in [0.15, 0.2) is 54.6 Å². The zero-order chi connectivity index (χ0) is 18.7. The molecular formula is C21H20ClFN2O. The molecule has 0 atom stereocenters. The molecule has 2 aromatic carbocycles. The van der Waals surface area contributed by atoms with Gasteiger partial charge in [-0.15, -0.1) is 0 Å². The highest BCUT2D eigenvalue weighted by Gasteiger charge is 2.19. The lowest BCUT2D eigenvalue weighted by atomic mass is 10.1. The molecule has 0 aliphatic heterocycles. The van der Waals surface area contributed by atoms with Crippen molar-refractivity contribution in [3.05, 3.63) is 76.7 Å². The normalized spacial score (nSPS) is 10.8. The number of nitrogens with zero attached hydrogens (tertiary/aromatic N) is 1. The molecule has 26 heavy (non-hydrogen) atoms. The number of rotatable bonds is 5. The average Bonchev–Trinajstić information content (AvgIpc) is 2.97. The molecule has 3 rings (SSSR count). The summed E-state index contributed by atoms with van der Waals surface area (Å²) in [5, 5.41) is 3.54. The highest BCUT2D eigenvalue weighted by atomic mass is 35.5. The number of hydrogen-bond donors (Lipinski definition) is 1. The molecule has 0 bridgehead atoms. The first-order valence-electron chi connectivity index (χ1n) is 8.53. The van der Waals surface area contributed by atoms with Gasteiger partial charge in [-0.2, -0.15) is 0 Å². The molecular weight excluding hydrogens is 351 g/mol. The van der Waals surface area contributed by atoms with E-state index in [0.717, 1.165) is 23.4 Å². The van der Waals surface area contributed by atoms with Crippen LogP contribution in [0.2, 0.25) is 5.02 Å². The van der Waals surface area contributed by atoms with E-state index >= 15 is 0 Å².